The molecule has 0 saturated carbocycles. The second-order valence-electron chi connectivity index (χ2n) is 8.95. The largest absolute Gasteiger partial charge is 0.496 e. The number of rotatable bonds is 7. The van der Waals surface area contributed by atoms with E-state index < -0.39 is 0 Å². The predicted octanol–water partition coefficient (Wildman–Crippen LogP) is 4.56. The fourth-order valence-corrected chi connectivity index (χ4v) is 5.55. The van der Waals surface area contributed by atoms with Gasteiger partial charge in [-0.15, -0.1) is 0 Å². The van der Waals surface area contributed by atoms with Crippen LogP contribution in [0.2, 0.25) is 0 Å². The second-order valence-corrected chi connectivity index (χ2v) is 8.95. The number of ether oxygens (including phenoxy) is 2. The molecule has 31 heavy (non-hydrogen) atoms. The minimum absolute atomic E-state index is 0.0311. The summed E-state index contributed by atoms with van der Waals surface area (Å²) in [5.74, 6) is 1.65. The molecule has 0 aromatic heterocycles. The zero-order valence-electron chi connectivity index (χ0n) is 19.1. The van der Waals surface area contributed by atoms with Gasteiger partial charge in [0.1, 0.15) is 11.5 Å². The Labute approximate surface area is 185 Å². The van der Waals surface area contributed by atoms with Crippen LogP contribution in [0.1, 0.15) is 55.3 Å². The Kier molecular flexibility index (Phi) is 6.51. The first-order valence-corrected chi connectivity index (χ1v) is 11.4. The summed E-state index contributed by atoms with van der Waals surface area (Å²) in [6, 6.07) is 15.4. The summed E-state index contributed by atoms with van der Waals surface area (Å²) in [7, 11) is 1.73. The molecule has 5 heteroatoms. The van der Waals surface area contributed by atoms with E-state index in [0.29, 0.717) is 18.1 Å². The molecular weight excluding hydrogens is 388 g/mol. The van der Waals surface area contributed by atoms with Crippen LogP contribution in [-0.2, 0) is 4.79 Å². The molecule has 5 nitrogen and oxygen atoms in total. The molecule has 2 saturated heterocycles. The van der Waals surface area contributed by atoms with Gasteiger partial charge >= 0.3 is 0 Å². The number of para-hydroxylation sites is 1. The number of nitrogens with one attached hydrogen (secondary N) is 1. The van der Waals surface area contributed by atoms with Crippen LogP contribution in [0, 0.1) is 13.8 Å². The summed E-state index contributed by atoms with van der Waals surface area (Å²) < 4.78 is 11.1. The van der Waals surface area contributed by atoms with Gasteiger partial charge in [-0.1, -0.05) is 24.3 Å². The van der Waals surface area contributed by atoms with Crippen molar-refractivity contribution >= 4 is 5.91 Å². The van der Waals surface area contributed by atoms with Gasteiger partial charge in [-0.25, -0.2) is 0 Å². The van der Waals surface area contributed by atoms with Crippen LogP contribution in [0.3, 0.4) is 0 Å². The quantitative estimate of drug-likeness (QED) is 0.711. The lowest BCUT2D eigenvalue weighted by Gasteiger charge is -2.43. The fourth-order valence-electron chi connectivity index (χ4n) is 5.55. The highest BCUT2D eigenvalue weighted by molar-refractivity contribution is 5.77. The van der Waals surface area contributed by atoms with Gasteiger partial charge in [0, 0.05) is 24.2 Å². The van der Waals surface area contributed by atoms with Crippen molar-refractivity contribution in [1.82, 2.24) is 10.2 Å². The average molecular weight is 423 g/mol. The third kappa shape index (κ3) is 4.57. The number of hydrogen-bond donors (Lipinski definition) is 1. The molecular formula is C26H34N2O3. The molecule has 1 amide bonds. The molecule has 4 rings (SSSR count). The SMILES string of the molecule is COc1ccc(C(C)N2C3CCC2CC(NC(=O)COc2ccccc2)C3)c(C)c1C. The summed E-state index contributed by atoms with van der Waals surface area (Å²) in [4.78, 5) is 15.1. The number of methoxy groups -OCH3 is 1. The van der Waals surface area contributed by atoms with Crippen molar-refractivity contribution < 1.29 is 14.3 Å². The van der Waals surface area contributed by atoms with Crippen molar-refractivity contribution in [1.29, 1.82) is 0 Å². The zero-order valence-corrected chi connectivity index (χ0v) is 19.1. The lowest BCUT2D eigenvalue weighted by Crippen LogP contribution is -2.51. The molecule has 166 valence electrons. The van der Waals surface area contributed by atoms with E-state index in [1.165, 1.54) is 29.5 Å². The number of fused-ring (bicyclic) bond motifs is 2. The maximum Gasteiger partial charge on any atom is 0.258 e. The van der Waals surface area contributed by atoms with Crippen LogP contribution < -0.4 is 14.8 Å². The van der Waals surface area contributed by atoms with Crippen LogP contribution >= 0.6 is 0 Å². The predicted molar refractivity (Wildman–Crippen MR) is 123 cm³/mol. The third-order valence-corrected chi connectivity index (χ3v) is 7.16. The van der Waals surface area contributed by atoms with Crippen molar-refractivity contribution in [2.24, 2.45) is 0 Å². The first-order chi connectivity index (χ1) is 15.0. The van der Waals surface area contributed by atoms with Crippen molar-refractivity contribution in [3.63, 3.8) is 0 Å². The van der Waals surface area contributed by atoms with Crippen molar-refractivity contribution in [2.75, 3.05) is 13.7 Å². The fraction of sp³-hybridized carbons (Fsp3) is 0.500. The Morgan fingerprint density at radius 3 is 2.39 bits per heavy atom. The number of amides is 1. The van der Waals surface area contributed by atoms with Gasteiger partial charge in [-0.2, -0.15) is 0 Å². The van der Waals surface area contributed by atoms with Gasteiger partial charge < -0.3 is 14.8 Å². The summed E-state index contributed by atoms with van der Waals surface area (Å²) in [5.41, 5.74) is 3.92. The molecule has 2 aliphatic rings. The summed E-state index contributed by atoms with van der Waals surface area (Å²) in [6.45, 7) is 6.73. The topological polar surface area (TPSA) is 50.8 Å². The van der Waals surface area contributed by atoms with E-state index in [1.807, 2.05) is 30.3 Å². The first kappa shape index (κ1) is 21.7. The van der Waals surface area contributed by atoms with E-state index in [1.54, 1.807) is 7.11 Å². The van der Waals surface area contributed by atoms with Gasteiger partial charge in [-0.05, 0) is 81.3 Å². The normalized spacial score (nSPS) is 23.9. The minimum Gasteiger partial charge on any atom is -0.496 e. The van der Waals surface area contributed by atoms with Crippen LogP contribution in [0.4, 0.5) is 0 Å². The van der Waals surface area contributed by atoms with E-state index in [-0.39, 0.29) is 18.6 Å². The molecule has 0 aliphatic carbocycles. The van der Waals surface area contributed by atoms with E-state index in [9.17, 15) is 4.79 Å². The highest BCUT2D eigenvalue weighted by Crippen LogP contribution is 2.43. The molecule has 1 N–H and O–H groups in total. The highest BCUT2D eigenvalue weighted by Gasteiger charge is 2.43. The molecule has 2 heterocycles. The third-order valence-electron chi connectivity index (χ3n) is 7.16. The number of hydrogen-bond acceptors (Lipinski definition) is 4. The summed E-state index contributed by atoms with van der Waals surface area (Å²) in [5, 5.41) is 3.22. The standard InChI is InChI=1S/C26H34N2O3/c1-17-18(2)25(30-4)13-12-24(17)19(3)28-21-10-11-22(28)15-20(14-21)27-26(29)16-31-23-8-6-5-7-9-23/h5-9,12-13,19-22H,10-11,14-16H2,1-4H3,(H,27,29). The molecule has 2 aliphatic heterocycles. The lowest BCUT2D eigenvalue weighted by atomic mass is 9.91. The molecule has 2 aromatic rings. The molecule has 2 fully saturated rings. The molecule has 3 atom stereocenters. The van der Waals surface area contributed by atoms with Crippen molar-refractivity contribution in [3.8, 4) is 11.5 Å². The Balaban J connectivity index is 1.37. The Hall–Kier alpha value is -2.53. The molecule has 2 bridgehead atoms. The van der Waals surface area contributed by atoms with E-state index in [4.69, 9.17) is 9.47 Å². The van der Waals surface area contributed by atoms with Crippen LogP contribution in [0.25, 0.3) is 0 Å². The molecule has 0 spiro atoms. The van der Waals surface area contributed by atoms with Gasteiger partial charge in [0.2, 0.25) is 0 Å². The first-order valence-electron chi connectivity index (χ1n) is 11.4. The number of carbonyl (C=O) groups is 1. The Morgan fingerprint density at radius 2 is 1.74 bits per heavy atom. The van der Waals surface area contributed by atoms with Crippen LogP contribution in [0.5, 0.6) is 11.5 Å². The van der Waals surface area contributed by atoms with Crippen LogP contribution in [0.15, 0.2) is 42.5 Å². The average Bonchev–Trinajstić information content (AvgIpc) is 3.05. The maximum absolute atomic E-state index is 12.4. The molecule has 0 radical (unpaired) electrons. The maximum atomic E-state index is 12.4. The number of nitrogens with zero attached hydrogens (tertiary/aromatic N) is 1. The summed E-state index contributed by atoms with van der Waals surface area (Å²) in [6.07, 6.45) is 4.42. The van der Waals surface area contributed by atoms with Crippen molar-refractivity contribution in [3.05, 3.63) is 59.2 Å². The van der Waals surface area contributed by atoms with Gasteiger partial charge in [0.05, 0.1) is 7.11 Å². The van der Waals surface area contributed by atoms with Crippen molar-refractivity contribution in [2.45, 2.75) is 70.6 Å². The Bertz CT molecular complexity index is 900. The number of benzene rings is 2. The molecule has 2 aromatic carbocycles. The second kappa shape index (κ2) is 9.31. The van der Waals surface area contributed by atoms with Gasteiger partial charge in [0.15, 0.2) is 6.61 Å². The zero-order chi connectivity index (χ0) is 22.0. The van der Waals surface area contributed by atoms with Gasteiger partial charge in [0.25, 0.3) is 5.91 Å². The summed E-state index contributed by atoms with van der Waals surface area (Å²) >= 11 is 0. The van der Waals surface area contributed by atoms with Gasteiger partial charge in [-0.3, -0.25) is 9.69 Å². The smallest absolute Gasteiger partial charge is 0.258 e. The number of carbonyl (C=O) groups excluding carboxylic acids is 1. The number of piperidine rings is 1. The minimum atomic E-state index is -0.0311. The van der Waals surface area contributed by atoms with E-state index >= 15 is 0 Å². The monoisotopic (exact) mass is 422 g/mol. The van der Waals surface area contributed by atoms with Crippen LogP contribution in [-0.4, -0.2) is 42.6 Å². The van der Waals surface area contributed by atoms with E-state index in [0.717, 1.165) is 24.3 Å². The lowest BCUT2D eigenvalue weighted by molar-refractivity contribution is -0.124. The van der Waals surface area contributed by atoms with E-state index in [2.05, 4.69) is 43.1 Å². The molecule has 3 unspecified atom stereocenters. The Morgan fingerprint density at radius 1 is 1.06 bits per heavy atom. The highest BCUT2D eigenvalue weighted by atomic mass is 16.5.